The molecule has 0 N–H and O–H groups in total. The Kier molecular flexibility index (Phi) is 6.05. The highest BCUT2D eigenvalue weighted by Gasteiger charge is 2.22. The zero-order valence-electron chi connectivity index (χ0n) is 18.2. The molecule has 1 aliphatic heterocycles. The third kappa shape index (κ3) is 4.06. The van der Waals surface area contributed by atoms with Gasteiger partial charge in [-0.05, 0) is 36.2 Å². The van der Waals surface area contributed by atoms with E-state index in [4.69, 9.17) is 9.98 Å². The molecule has 0 saturated carbocycles. The number of nitrogens with zero attached hydrogens (tertiary/aromatic N) is 4. The van der Waals surface area contributed by atoms with Gasteiger partial charge in [-0.1, -0.05) is 61.2 Å². The molecule has 4 rings (SSSR count). The molecule has 0 atom stereocenters. The van der Waals surface area contributed by atoms with Crippen LogP contribution in [0.3, 0.4) is 0 Å². The maximum absolute atomic E-state index is 4.90. The fourth-order valence-electron chi connectivity index (χ4n) is 3.68. The summed E-state index contributed by atoms with van der Waals surface area (Å²) in [6.07, 6.45) is 11.7. The van der Waals surface area contributed by atoms with Crippen LogP contribution in [-0.2, 0) is 0 Å². The van der Waals surface area contributed by atoms with Crippen molar-refractivity contribution in [2.45, 2.75) is 13.3 Å². The third-order valence-electron chi connectivity index (χ3n) is 5.34. The van der Waals surface area contributed by atoms with Crippen LogP contribution in [0.4, 0.5) is 5.69 Å². The van der Waals surface area contributed by atoms with Crippen molar-refractivity contribution in [1.29, 1.82) is 0 Å². The van der Waals surface area contributed by atoms with E-state index >= 15 is 0 Å². The average Bonchev–Trinajstić information content (AvgIpc) is 3.06. The zero-order chi connectivity index (χ0) is 22.0. The Bertz CT molecular complexity index is 1320. The molecule has 5 heteroatoms. The summed E-state index contributed by atoms with van der Waals surface area (Å²) in [5.41, 5.74) is 4.03. The normalized spacial score (nSPS) is 15.6. The van der Waals surface area contributed by atoms with Crippen LogP contribution in [0.5, 0.6) is 0 Å². The Morgan fingerprint density at radius 2 is 1.94 bits per heavy atom. The number of allylic oxidation sites excluding steroid dienone is 6. The molecule has 1 aliphatic carbocycles. The molecule has 0 aromatic heterocycles. The van der Waals surface area contributed by atoms with Crippen LogP contribution in [-0.4, -0.2) is 37.4 Å². The molecule has 0 amide bonds. The van der Waals surface area contributed by atoms with Crippen molar-refractivity contribution in [1.82, 2.24) is 4.90 Å². The first kappa shape index (κ1) is 21.1. The number of guanidine groups is 1. The first-order valence-corrected chi connectivity index (χ1v) is 11.2. The Morgan fingerprint density at radius 1 is 1.16 bits per heavy atom. The Hall–Kier alpha value is -3.18. The lowest BCUT2D eigenvalue weighted by Crippen LogP contribution is -2.19. The van der Waals surface area contributed by atoms with Crippen LogP contribution in [0.15, 0.2) is 80.9 Å². The molecule has 1 heterocycles. The average molecular weight is 427 g/mol. The van der Waals surface area contributed by atoms with Crippen LogP contribution in [0.1, 0.15) is 18.9 Å². The predicted octanol–water partition coefficient (Wildman–Crippen LogP) is 5.00. The fraction of sp³-hybridized carbons (Fsp3) is 0.192. The minimum absolute atomic E-state index is 0.695. The van der Waals surface area contributed by atoms with Crippen molar-refractivity contribution in [2.24, 2.45) is 15.0 Å². The second-order valence-electron chi connectivity index (χ2n) is 7.68. The molecule has 4 nitrogen and oxygen atoms in total. The molecule has 156 valence electrons. The molecule has 2 aliphatic rings. The highest BCUT2D eigenvalue weighted by Crippen LogP contribution is 2.37. The van der Waals surface area contributed by atoms with E-state index in [-0.39, 0.29) is 0 Å². The highest BCUT2D eigenvalue weighted by molar-refractivity contribution is 8.08. The van der Waals surface area contributed by atoms with Crippen LogP contribution in [0.25, 0.3) is 22.3 Å². The largest absolute Gasteiger partial charge is 0.347 e. The standard InChI is InChI=1S/C26H26N4S/c1-17-20-14-10-11-15-21(20)23-24(29-26(28-23)30(4)5)22(17)25(18(2)27-3)31-16-19-12-8-6-7-9-13-19/h6-8,10-15H,1,3,9,16H2,2,4-5H3/b25-18-. The Morgan fingerprint density at radius 3 is 2.68 bits per heavy atom. The Balaban J connectivity index is 1.91. The summed E-state index contributed by atoms with van der Waals surface area (Å²) in [5.74, 6) is 1.53. The van der Waals surface area contributed by atoms with E-state index in [1.807, 2.05) is 38.1 Å². The predicted molar refractivity (Wildman–Crippen MR) is 137 cm³/mol. The summed E-state index contributed by atoms with van der Waals surface area (Å²) in [6.45, 7) is 10.3. The van der Waals surface area contributed by atoms with E-state index in [0.717, 1.165) is 55.4 Å². The van der Waals surface area contributed by atoms with Gasteiger partial charge >= 0.3 is 0 Å². The fourth-order valence-corrected chi connectivity index (χ4v) is 4.85. The topological polar surface area (TPSA) is 40.3 Å². The maximum Gasteiger partial charge on any atom is 0.226 e. The van der Waals surface area contributed by atoms with Crippen molar-refractivity contribution in [3.05, 3.63) is 82.1 Å². The quantitative estimate of drug-likeness (QED) is 0.632. The van der Waals surface area contributed by atoms with Gasteiger partial charge in [0.1, 0.15) is 11.0 Å². The monoisotopic (exact) mass is 426 g/mol. The number of hydrogen-bond acceptors (Lipinski definition) is 5. The Labute approximate surface area is 187 Å². The number of rotatable bonds is 5. The summed E-state index contributed by atoms with van der Waals surface area (Å²) in [6, 6.07) is 8.27. The number of hydrogen-bond donors (Lipinski definition) is 0. The van der Waals surface area contributed by atoms with E-state index in [1.54, 1.807) is 11.8 Å². The van der Waals surface area contributed by atoms with Gasteiger partial charge < -0.3 is 4.90 Å². The molecule has 0 fully saturated rings. The van der Waals surface area contributed by atoms with Gasteiger partial charge in [0.25, 0.3) is 0 Å². The molecule has 0 spiro atoms. The van der Waals surface area contributed by atoms with Crippen molar-refractivity contribution in [3.63, 3.8) is 0 Å². The second kappa shape index (κ2) is 8.90. The van der Waals surface area contributed by atoms with Crippen molar-refractivity contribution in [3.8, 4) is 0 Å². The lowest BCUT2D eigenvalue weighted by Gasteiger charge is -2.15. The SMILES string of the molecule is C=N/C(C)=C(\SCC1=CCC=CC=C1)c1c2c(c3ccccc3c1=C)=NC(N(C)C)=N2. The minimum atomic E-state index is 0.695. The van der Waals surface area contributed by atoms with Gasteiger partial charge in [-0.25, -0.2) is 9.98 Å². The molecule has 0 radical (unpaired) electrons. The van der Waals surface area contributed by atoms with E-state index < -0.39 is 0 Å². The lowest BCUT2D eigenvalue weighted by atomic mass is 10.0. The van der Waals surface area contributed by atoms with Gasteiger partial charge in [0.15, 0.2) is 0 Å². The number of aliphatic imine (C=N–C) groups is 2. The van der Waals surface area contributed by atoms with Gasteiger partial charge in [0, 0.05) is 35.7 Å². The third-order valence-corrected chi connectivity index (χ3v) is 6.61. The summed E-state index contributed by atoms with van der Waals surface area (Å²) in [4.78, 5) is 17.0. The second-order valence-corrected chi connectivity index (χ2v) is 8.66. The van der Waals surface area contributed by atoms with Gasteiger partial charge in [0.05, 0.1) is 5.70 Å². The molecule has 0 saturated heterocycles. The van der Waals surface area contributed by atoms with E-state index in [0.29, 0.717) is 5.96 Å². The summed E-state index contributed by atoms with van der Waals surface area (Å²) >= 11 is 1.76. The van der Waals surface area contributed by atoms with E-state index in [1.165, 1.54) is 5.57 Å². The number of fused-ring (bicyclic) bond motifs is 3. The summed E-state index contributed by atoms with van der Waals surface area (Å²) in [5, 5.41) is 4.00. The van der Waals surface area contributed by atoms with E-state index in [2.05, 4.69) is 60.8 Å². The van der Waals surface area contributed by atoms with Crippen molar-refractivity contribution in [2.75, 3.05) is 19.8 Å². The van der Waals surface area contributed by atoms with Crippen LogP contribution in [0.2, 0.25) is 0 Å². The summed E-state index contributed by atoms with van der Waals surface area (Å²) in [7, 11) is 3.92. The van der Waals surface area contributed by atoms with Crippen molar-refractivity contribution >= 4 is 52.4 Å². The first-order valence-electron chi connectivity index (χ1n) is 10.2. The van der Waals surface area contributed by atoms with E-state index in [9.17, 15) is 0 Å². The van der Waals surface area contributed by atoms with Gasteiger partial charge in [-0.2, -0.15) is 0 Å². The number of thioether (sulfide) groups is 1. The summed E-state index contributed by atoms with van der Waals surface area (Å²) < 4.78 is 0. The molecule has 0 bridgehead atoms. The molecule has 2 aromatic carbocycles. The molecule has 2 aromatic rings. The number of benzene rings is 2. The maximum atomic E-state index is 4.90. The zero-order valence-corrected chi connectivity index (χ0v) is 19.0. The lowest BCUT2D eigenvalue weighted by molar-refractivity contribution is 0.616. The van der Waals surface area contributed by atoms with Crippen LogP contribution < -0.4 is 10.6 Å². The highest BCUT2D eigenvalue weighted by atomic mass is 32.2. The first-order chi connectivity index (χ1) is 15.0. The van der Waals surface area contributed by atoms with Gasteiger partial charge in [-0.15, -0.1) is 11.8 Å². The van der Waals surface area contributed by atoms with Gasteiger partial charge in [0.2, 0.25) is 5.96 Å². The minimum Gasteiger partial charge on any atom is -0.347 e. The van der Waals surface area contributed by atoms with Crippen LogP contribution >= 0.6 is 11.8 Å². The molecular formula is C26H26N4S. The van der Waals surface area contributed by atoms with Gasteiger partial charge in [-0.3, -0.25) is 4.99 Å². The molecular weight excluding hydrogens is 400 g/mol. The smallest absolute Gasteiger partial charge is 0.226 e. The van der Waals surface area contributed by atoms with Crippen LogP contribution in [0, 0.1) is 0 Å². The van der Waals surface area contributed by atoms with Crippen molar-refractivity contribution < 1.29 is 0 Å². The molecule has 31 heavy (non-hydrogen) atoms. The molecule has 0 unspecified atom stereocenters.